The van der Waals surface area contributed by atoms with Gasteiger partial charge in [0.15, 0.2) is 0 Å². The van der Waals surface area contributed by atoms with Crippen LogP contribution in [0.2, 0.25) is 0 Å². The van der Waals surface area contributed by atoms with Crippen molar-refractivity contribution in [3.8, 4) is 0 Å². The van der Waals surface area contributed by atoms with E-state index in [-0.39, 0.29) is 5.82 Å². The summed E-state index contributed by atoms with van der Waals surface area (Å²) in [6.07, 6.45) is 6.68. The molecule has 4 heteroatoms. The van der Waals surface area contributed by atoms with E-state index < -0.39 is 0 Å². The average molecular weight is 355 g/mol. The van der Waals surface area contributed by atoms with Gasteiger partial charge in [-0.25, -0.2) is 4.39 Å². The molecule has 1 atom stereocenters. The van der Waals surface area contributed by atoms with Gasteiger partial charge in [0, 0.05) is 32.2 Å². The molecule has 0 spiro atoms. The molecule has 0 bridgehead atoms. The van der Waals surface area contributed by atoms with Gasteiger partial charge >= 0.3 is 0 Å². The van der Waals surface area contributed by atoms with Crippen molar-refractivity contribution in [2.45, 2.75) is 38.1 Å². The molecule has 21 heavy (non-hydrogen) atoms. The minimum atomic E-state index is -0.165. The largest absolute Gasteiger partial charge is 0.314 e. The van der Waals surface area contributed by atoms with E-state index in [1.54, 1.807) is 6.07 Å². The van der Waals surface area contributed by atoms with E-state index in [9.17, 15) is 4.39 Å². The molecule has 0 aromatic heterocycles. The molecular formula is C17H24BrFN2. The van der Waals surface area contributed by atoms with Gasteiger partial charge in [0.1, 0.15) is 5.82 Å². The van der Waals surface area contributed by atoms with Crippen LogP contribution in [0.3, 0.4) is 0 Å². The molecule has 1 saturated carbocycles. The van der Waals surface area contributed by atoms with E-state index >= 15 is 0 Å². The van der Waals surface area contributed by atoms with Crippen LogP contribution < -0.4 is 5.32 Å². The van der Waals surface area contributed by atoms with Crippen molar-refractivity contribution < 1.29 is 4.39 Å². The van der Waals surface area contributed by atoms with Crippen molar-refractivity contribution >= 4 is 15.9 Å². The van der Waals surface area contributed by atoms with Crippen LogP contribution in [0.1, 0.15) is 43.7 Å². The first-order valence-corrected chi connectivity index (χ1v) is 8.95. The van der Waals surface area contributed by atoms with Crippen LogP contribution in [0.15, 0.2) is 22.7 Å². The number of benzene rings is 1. The van der Waals surface area contributed by atoms with Crippen molar-refractivity contribution in [3.05, 3.63) is 34.1 Å². The highest BCUT2D eigenvalue weighted by molar-refractivity contribution is 9.10. The highest BCUT2D eigenvalue weighted by atomic mass is 79.9. The van der Waals surface area contributed by atoms with Crippen molar-refractivity contribution in [2.24, 2.45) is 5.92 Å². The first-order chi connectivity index (χ1) is 10.3. The zero-order chi connectivity index (χ0) is 14.7. The summed E-state index contributed by atoms with van der Waals surface area (Å²) in [7, 11) is 0. The van der Waals surface area contributed by atoms with Gasteiger partial charge < -0.3 is 5.32 Å². The first-order valence-electron chi connectivity index (χ1n) is 8.15. The maximum Gasteiger partial charge on any atom is 0.137 e. The summed E-state index contributed by atoms with van der Waals surface area (Å²) in [6, 6.07) is 6.04. The summed E-state index contributed by atoms with van der Waals surface area (Å²) in [6.45, 7) is 4.31. The second kappa shape index (κ2) is 7.21. The second-order valence-corrected chi connectivity index (χ2v) is 7.16. The van der Waals surface area contributed by atoms with Gasteiger partial charge in [-0.2, -0.15) is 0 Å². The van der Waals surface area contributed by atoms with Crippen LogP contribution in [-0.4, -0.2) is 31.1 Å². The summed E-state index contributed by atoms with van der Waals surface area (Å²) in [5.41, 5.74) is 1.28. The molecule has 2 fully saturated rings. The predicted octanol–water partition coefficient (Wildman–Crippen LogP) is 4.11. The smallest absolute Gasteiger partial charge is 0.137 e. The van der Waals surface area contributed by atoms with E-state index in [0.29, 0.717) is 16.4 Å². The molecule has 0 unspecified atom stereocenters. The van der Waals surface area contributed by atoms with Crippen LogP contribution >= 0.6 is 15.9 Å². The molecule has 1 aliphatic carbocycles. The van der Waals surface area contributed by atoms with Gasteiger partial charge in [-0.05, 0) is 52.4 Å². The molecule has 0 radical (unpaired) electrons. The molecule has 2 nitrogen and oxygen atoms in total. The van der Waals surface area contributed by atoms with Gasteiger partial charge in [-0.3, -0.25) is 4.90 Å². The highest BCUT2D eigenvalue weighted by Crippen LogP contribution is 2.39. The number of rotatable bonds is 3. The lowest BCUT2D eigenvalue weighted by Crippen LogP contribution is -2.47. The quantitative estimate of drug-likeness (QED) is 0.878. The monoisotopic (exact) mass is 354 g/mol. The SMILES string of the molecule is Fc1ccc([C@@H](C2CCCCC2)N2CCNCC2)cc1Br. The summed E-state index contributed by atoms with van der Waals surface area (Å²) in [4.78, 5) is 2.60. The summed E-state index contributed by atoms with van der Waals surface area (Å²) < 4.78 is 14.2. The molecule has 1 N–H and O–H groups in total. The summed E-state index contributed by atoms with van der Waals surface area (Å²) in [5, 5.41) is 3.43. The predicted molar refractivity (Wildman–Crippen MR) is 87.9 cm³/mol. The molecule has 116 valence electrons. The lowest BCUT2D eigenvalue weighted by molar-refractivity contribution is 0.103. The van der Waals surface area contributed by atoms with Gasteiger partial charge in [0.05, 0.1) is 4.47 Å². The number of halogens is 2. The molecular weight excluding hydrogens is 331 g/mol. The normalized spacial score (nSPS) is 23.1. The van der Waals surface area contributed by atoms with E-state index in [0.717, 1.165) is 26.2 Å². The minimum absolute atomic E-state index is 0.165. The number of nitrogens with zero attached hydrogens (tertiary/aromatic N) is 1. The Hall–Kier alpha value is -0.450. The molecule has 3 rings (SSSR count). The zero-order valence-corrected chi connectivity index (χ0v) is 14.0. The third-order valence-electron chi connectivity index (χ3n) is 4.93. The van der Waals surface area contributed by atoms with E-state index in [1.165, 1.54) is 37.7 Å². The van der Waals surface area contributed by atoms with Gasteiger partial charge in [-0.1, -0.05) is 25.3 Å². The van der Waals surface area contributed by atoms with Gasteiger partial charge in [0.25, 0.3) is 0 Å². The van der Waals surface area contributed by atoms with E-state index in [4.69, 9.17) is 0 Å². The fourth-order valence-electron chi connectivity index (χ4n) is 3.89. The maximum atomic E-state index is 13.6. The summed E-state index contributed by atoms with van der Waals surface area (Å²) >= 11 is 3.36. The van der Waals surface area contributed by atoms with Crippen LogP contribution in [0.5, 0.6) is 0 Å². The Morgan fingerprint density at radius 3 is 2.52 bits per heavy atom. The van der Waals surface area contributed by atoms with Crippen LogP contribution in [0.4, 0.5) is 4.39 Å². The second-order valence-electron chi connectivity index (χ2n) is 6.30. The van der Waals surface area contributed by atoms with Crippen molar-refractivity contribution in [1.82, 2.24) is 10.2 Å². The van der Waals surface area contributed by atoms with E-state index in [1.807, 2.05) is 12.1 Å². The Morgan fingerprint density at radius 2 is 1.86 bits per heavy atom. The lowest BCUT2D eigenvalue weighted by Gasteiger charge is -2.41. The Kier molecular flexibility index (Phi) is 5.30. The van der Waals surface area contributed by atoms with Crippen molar-refractivity contribution in [2.75, 3.05) is 26.2 Å². The minimum Gasteiger partial charge on any atom is -0.314 e. The lowest BCUT2D eigenvalue weighted by atomic mass is 9.80. The number of hydrogen-bond donors (Lipinski definition) is 1. The topological polar surface area (TPSA) is 15.3 Å². The molecule has 0 amide bonds. The fraction of sp³-hybridized carbons (Fsp3) is 0.647. The fourth-order valence-corrected chi connectivity index (χ4v) is 4.28. The Bertz CT molecular complexity index is 450. The Balaban J connectivity index is 1.87. The van der Waals surface area contributed by atoms with Crippen LogP contribution in [-0.2, 0) is 0 Å². The number of piperazine rings is 1. The van der Waals surface area contributed by atoms with Gasteiger partial charge in [0.2, 0.25) is 0 Å². The van der Waals surface area contributed by atoms with Crippen molar-refractivity contribution in [1.29, 1.82) is 0 Å². The summed E-state index contributed by atoms with van der Waals surface area (Å²) in [5.74, 6) is 0.552. The highest BCUT2D eigenvalue weighted by Gasteiger charge is 2.31. The number of hydrogen-bond acceptors (Lipinski definition) is 2. The zero-order valence-electron chi connectivity index (χ0n) is 12.5. The molecule has 1 heterocycles. The molecule has 1 aliphatic heterocycles. The van der Waals surface area contributed by atoms with Crippen LogP contribution in [0.25, 0.3) is 0 Å². The average Bonchev–Trinajstić information content (AvgIpc) is 2.53. The molecule has 2 aliphatic rings. The maximum absolute atomic E-state index is 13.6. The van der Waals surface area contributed by atoms with Gasteiger partial charge in [-0.15, -0.1) is 0 Å². The molecule has 1 saturated heterocycles. The third kappa shape index (κ3) is 3.66. The number of nitrogens with one attached hydrogen (secondary N) is 1. The Labute approximate surface area is 135 Å². The van der Waals surface area contributed by atoms with Crippen LogP contribution in [0, 0.1) is 11.7 Å². The van der Waals surface area contributed by atoms with Crippen molar-refractivity contribution in [3.63, 3.8) is 0 Å². The van der Waals surface area contributed by atoms with E-state index in [2.05, 4.69) is 26.1 Å². The Morgan fingerprint density at radius 1 is 1.14 bits per heavy atom. The first kappa shape index (κ1) is 15.4. The standard InChI is InChI=1S/C17H24BrFN2/c18-15-12-14(6-7-16(15)19)17(13-4-2-1-3-5-13)21-10-8-20-9-11-21/h6-7,12-13,17,20H,1-5,8-11H2/t17-/m1/s1. The third-order valence-corrected chi connectivity index (χ3v) is 5.53. The molecule has 1 aromatic carbocycles. The molecule has 1 aromatic rings.